The number of hydrogen-bond donors (Lipinski definition) is 1. The number of benzene rings is 2. The fraction of sp³-hybridized carbons (Fsp3) is 0.176. The summed E-state index contributed by atoms with van der Waals surface area (Å²) in [4.78, 5) is 24.0. The van der Waals surface area contributed by atoms with Crippen LogP contribution in [0, 0.1) is 5.82 Å². The van der Waals surface area contributed by atoms with Gasteiger partial charge in [-0.1, -0.05) is 23.7 Å². The van der Waals surface area contributed by atoms with Crippen LogP contribution in [0.5, 0.6) is 5.75 Å². The summed E-state index contributed by atoms with van der Waals surface area (Å²) in [6.07, 6.45) is -1.11. The summed E-state index contributed by atoms with van der Waals surface area (Å²) >= 11 is 5.97. The van der Waals surface area contributed by atoms with Crippen molar-refractivity contribution in [3.63, 3.8) is 0 Å². The van der Waals surface area contributed by atoms with Crippen LogP contribution in [0.25, 0.3) is 0 Å². The Morgan fingerprint density at radius 3 is 2.54 bits per heavy atom. The standard InChI is InChI=1S/C17H15ClFNO4/c1-10(24-17(22)12-5-3-4-6-14(12)19)16(21)20-11-7-8-15(23-2)13(18)9-11/h3-10H,1-2H3,(H,20,21)/t10-/m0/s1. The van der Waals surface area contributed by atoms with Crippen LogP contribution in [-0.2, 0) is 9.53 Å². The molecule has 1 amide bonds. The van der Waals surface area contributed by atoms with E-state index in [1.54, 1.807) is 12.1 Å². The highest BCUT2D eigenvalue weighted by molar-refractivity contribution is 6.32. The van der Waals surface area contributed by atoms with Gasteiger partial charge in [-0.25, -0.2) is 9.18 Å². The van der Waals surface area contributed by atoms with Gasteiger partial charge in [-0.2, -0.15) is 0 Å². The van der Waals surface area contributed by atoms with E-state index in [4.69, 9.17) is 21.1 Å². The number of carbonyl (C=O) groups is 2. The minimum Gasteiger partial charge on any atom is -0.495 e. The molecule has 0 fully saturated rings. The lowest BCUT2D eigenvalue weighted by atomic mass is 10.2. The molecule has 0 aliphatic rings. The average molecular weight is 352 g/mol. The van der Waals surface area contributed by atoms with E-state index in [1.807, 2.05) is 0 Å². The Labute approximate surface area is 143 Å². The van der Waals surface area contributed by atoms with Gasteiger partial charge < -0.3 is 14.8 Å². The number of amides is 1. The average Bonchev–Trinajstić information content (AvgIpc) is 2.55. The van der Waals surface area contributed by atoms with E-state index in [1.165, 1.54) is 38.3 Å². The predicted octanol–water partition coefficient (Wildman–Crippen LogP) is 3.67. The third-order valence-corrected chi connectivity index (χ3v) is 3.46. The largest absolute Gasteiger partial charge is 0.495 e. The molecule has 0 spiro atoms. The van der Waals surface area contributed by atoms with Crippen LogP contribution in [0.2, 0.25) is 5.02 Å². The molecule has 0 heterocycles. The number of hydrogen-bond acceptors (Lipinski definition) is 4. The van der Waals surface area contributed by atoms with E-state index in [0.29, 0.717) is 16.5 Å². The molecule has 0 radical (unpaired) electrons. The molecule has 2 aromatic rings. The number of anilines is 1. The van der Waals surface area contributed by atoms with E-state index >= 15 is 0 Å². The molecule has 0 aliphatic heterocycles. The Morgan fingerprint density at radius 1 is 1.21 bits per heavy atom. The molecule has 24 heavy (non-hydrogen) atoms. The molecule has 0 saturated carbocycles. The van der Waals surface area contributed by atoms with E-state index < -0.39 is 23.8 Å². The summed E-state index contributed by atoms with van der Waals surface area (Å²) in [7, 11) is 1.48. The number of carbonyl (C=O) groups excluding carboxylic acids is 2. The molecule has 5 nitrogen and oxygen atoms in total. The van der Waals surface area contributed by atoms with Gasteiger partial charge in [-0.05, 0) is 37.3 Å². The highest BCUT2D eigenvalue weighted by Crippen LogP contribution is 2.27. The molecule has 2 aromatic carbocycles. The minimum absolute atomic E-state index is 0.232. The molecule has 0 bridgehead atoms. The van der Waals surface area contributed by atoms with Crippen molar-refractivity contribution in [2.24, 2.45) is 0 Å². The van der Waals surface area contributed by atoms with Gasteiger partial charge in [0.1, 0.15) is 11.6 Å². The first kappa shape index (κ1) is 17.7. The van der Waals surface area contributed by atoms with Gasteiger partial charge in [-0.3, -0.25) is 4.79 Å². The maximum Gasteiger partial charge on any atom is 0.341 e. The van der Waals surface area contributed by atoms with E-state index in [-0.39, 0.29) is 5.56 Å². The lowest BCUT2D eigenvalue weighted by Crippen LogP contribution is -2.30. The predicted molar refractivity (Wildman–Crippen MR) is 87.9 cm³/mol. The summed E-state index contributed by atoms with van der Waals surface area (Å²) in [6.45, 7) is 1.39. The fourth-order valence-corrected chi connectivity index (χ4v) is 2.15. The lowest BCUT2D eigenvalue weighted by Gasteiger charge is -2.14. The molecule has 0 aliphatic carbocycles. The van der Waals surface area contributed by atoms with Crippen molar-refractivity contribution in [3.05, 3.63) is 58.9 Å². The van der Waals surface area contributed by atoms with E-state index in [2.05, 4.69) is 5.32 Å². The summed E-state index contributed by atoms with van der Waals surface area (Å²) in [5, 5.41) is 2.88. The number of ether oxygens (including phenoxy) is 2. The zero-order valence-electron chi connectivity index (χ0n) is 13.0. The lowest BCUT2D eigenvalue weighted by molar-refractivity contribution is -0.123. The zero-order chi connectivity index (χ0) is 17.7. The quantitative estimate of drug-likeness (QED) is 0.835. The third-order valence-electron chi connectivity index (χ3n) is 3.17. The first-order valence-electron chi connectivity index (χ1n) is 7.02. The van der Waals surface area contributed by atoms with Crippen LogP contribution in [0.15, 0.2) is 42.5 Å². The first-order chi connectivity index (χ1) is 11.4. The summed E-state index contributed by atoms with van der Waals surface area (Å²) in [5.41, 5.74) is 0.184. The van der Waals surface area contributed by atoms with E-state index in [0.717, 1.165) is 6.07 Å². The van der Waals surface area contributed by atoms with Crippen LogP contribution < -0.4 is 10.1 Å². The molecule has 1 atom stereocenters. The molecule has 0 unspecified atom stereocenters. The van der Waals surface area contributed by atoms with Crippen molar-refractivity contribution in [2.45, 2.75) is 13.0 Å². The Morgan fingerprint density at radius 2 is 1.92 bits per heavy atom. The second-order valence-corrected chi connectivity index (χ2v) is 5.27. The van der Waals surface area contributed by atoms with Crippen LogP contribution in [0.1, 0.15) is 17.3 Å². The number of nitrogens with one attached hydrogen (secondary N) is 1. The number of halogens is 2. The summed E-state index contributed by atoms with van der Waals surface area (Å²) in [6, 6.07) is 10.1. The smallest absolute Gasteiger partial charge is 0.341 e. The van der Waals surface area contributed by atoms with Crippen LogP contribution in [-0.4, -0.2) is 25.1 Å². The van der Waals surface area contributed by atoms with Gasteiger partial charge in [-0.15, -0.1) is 0 Å². The Balaban J connectivity index is 2.01. The number of esters is 1. The van der Waals surface area contributed by atoms with Crippen LogP contribution in [0.3, 0.4) is 0 Å². The Hall–Kier alpha value is -2.60. The second-order valence-electron chi connectivity index (χ2n) is 4.87. The van der Waals surface area contributed by atoms with Gasteiger partial charge in [0.2, 0.25) is 0 Å². The van der Waals surface area contributed by atoms with Gasteiger partial charge >= 0.3 is 5.97 Å². The fourth-order valence-electron chi connectivity index (χ4n) is 1.89. The van der Waals surface area contributed by atoms with Crippen LogP contribution >= 0.6 is 11.6 Å². The second kappa shape index (κ2) is 7.79. The van der Waals surface area contributed by atoms with Gasteiger partial charge in [0.15, 0.2) is 6.10 Å². The Bertz CT molecular complexity index is 766. The van der Waals surface area contributed by atoms with Gasteiger partial charge in [0.05, 0.1) is 17.7 Å². The first-order valence-corrected chi connectivity index (χ1v) is 7.40. The molecule has 126 valence electrons. The van der Waals surface area contributed by atoms with E-state index in [9.17, 15) is 14.0 Å². The topological polar surface area (TPSA) is 64.6 Å². The SMILES string of the molecule is COc1ccc(NC(=O)[C@H](C)OC(=O)c2ccccc2F)cc1Cl. The van der Waals surface area contributed by atoms with Gasteiger partial charge in [0, 0.05) is 5.69 Å². The van der Waals surface area contributed by atoms with Crippen molar-refractivity contribution >= 4 is 29.2 Å². The summed E-state index contributed by atoms with van der Waals surface area (Å²) < 4.78 is 23.5. The van der Waals surface area contributed by atoms with Gasteiger partial charge in [0.25, 0.3) is 5.91 Å². The summed E-state index contributed by atoms with van der Waals surface area (Å²) in [5.74, 6) is -1.73. The molecular formula is C17H15ClFNO4. The van der Waals surface area contributed by atoms with Crippen molar-refractivity contribution in [2.75, 3.05) is 12.4 Å². The molecule has 7 heteroatoms. The van der Waals surface area contributed by atoms with Crippen molar-refractivity contribution in [1.82, 2.24) is 0 Å². The Kier molecular flexibility index (Phi) is 5.76. The monoisotopic (exact) mass is 351 g/mol. The highest BCUT2D eigenvalue weighted by Gasteiger charge is 2.21. The van der Waals surface area contributed by atoms with Crippen molar-refractivity contribution in [1.29, 1.82) is 0 Å². The maximum absolute atomic E-state index is 13.5. The molecule has 0 saturated heterocycles. The maximum atomic E-state index is 13.5. The molecule has 0 aromatic heterocycles. The van der Waals surface area contributed by atoms with Crippen molar-refractivity contribution in [3.8, 4) is 5.75 Å². The molecule has 1 N–H and O–H groups in total. The third kappa shape index (κ3) is 4.23. The van der Waals surface area contributed by atoms with Crippen molar-refractivity contribution < 1.29 is 23.5 Å². The molecule has 2 rings (SSSR count). The number of rotatable bonds is 5. The zero-order valence-corrected chi connectivity index (χ0v) is 13.8. The minimum atomic E-state index is -1.11. The molecular weight excluding hydrogens is 337 g/mol. The number of methoxy groups -OCH3 is 1. The highest BCUT2D eigenvalue weighted by atomic mass is 35.5. The normalized spacial score (nSPS) is 11.5. The van der Waals surface area contributed by atoms with Crippen LogP contribution in [0.4, 0.5) is 10.1 Å².